The number of methoxy groups -OCH3 is 2. The third-order valence-electron chi connectivity index (χ3n) is 5.44. The van der Waals surface area contributed by atoms with Gasteiger partial charge in [-0.1, -0.05) is 0 Å². The predicted octanol–water partition coefficient (Wildman–Crippen LogP) is 3.32. The average molecular weight is 455 g/mol. The highest BCUT2D eigenvalue weighted by molar-refractivity contribution is 5.92. The number of ether oxygens (including phenoxy) is 2. The zero-order valence-electron chi connectivity index (χ0n) is 20.3. The SMILES string of the molecule is COc1cc2nc(NCCCCN(C)C)nc(NCc3c(C)cc(C)[nH]c3=O)c2cc1OC. The van der Waals surface area contributed by atoms with Gasteiger partial charge in [-0.2, -0.15) is 4.98 Å². The Bertz CT molecular complexity index is 1160. The second kappa shape index (κ2) is 11.0. The number of nitrogens with one attached hydrogen (secondary N) is 3. The lowest BCUT2D eigenvalue weighted by Gasteiger charge is -2.15. The molecule has 0 amide bonds. The number of aromatic nitrogens is 3. The smallest absolute Gasteiger partial charge is 0.253 e. The van der Waals surface area contributed by atoms with Gasteiger partial charge in [0.05, 0.1) is 19.7 Å². The first-order chi connectivity index (χ1) is 15.8. The van der Waals surface area contributed by atoms with Crippen LogP contribution < -0.4 is 25.7 Å². The fraction of sp³-hybridized carbons (Fsp3) is 0.458. The van der Waals surface area contributed by atoms with Crippen LogP contribution in [0.3, 0.4) is 0 Å². The van der Waals surface area contributed by atoms with Gasteiger partial charge in [-0.25, -0.2) is 4.98 Å². The molecule has 33 heavy (non-hydrogen) atoms. The summed E-state index contributed by atoms with van der Waals surface area (Å²) < 4.78 is 10.9. The van der Waals surface area contributed by atoms with Crippen LogP contribution in [0.5, 0.6) is 11.5 Å². The molecule has 2 heterocycles. The zero-order chi connectivity index (χ0) is 24.0. The van der Waals surface area contributed by atoms with Crippen LogP contribution in [0.25, 0.3) is 10.9 Å². The van der Waals surface area contributed by atoms with Gasteiger partial charge in [-0.05, 0) is 65.0 Å². The molecule has 9 heteroatoms. The summed E-state index contributed by atoms with van der Waals surface area (Å²) in [4.78, 5) is 26.9. The molecule has 178 valence electrons. The number of benzene rings is 1. The Balaban J connectivity index is 1.91. The number of aromatic amines is 1. The molecule has 0 fully saturated rings. The summed E-state index contributed by atoms with van der Waals surface area (Å²) in [5.74, 6) is 2.33. The van der Waals surface area contributed by atoms with E-state index in [1.165, 1.54) is 0 Å². The van der Waals surface area contributed by atoms with Crippen LogP contribution in [-0.4, -0.2) is 61.3 Å². The Morgan fingerprint density at radius 1 is 1.00 bits per heavy atom. The van der Waals surface area contributed by atoms with Gasteiger partial charge in [0.25, 0.3) is 5.56 Å². The maximum Gasteiger partial charge on any atom is 0.253 e. The number of pyridine rings is 1. The summed E-state index contributed by atoms with van der Waals surface area (Å²) in [6.07, 6.45) is 2.09. The number of unbranched alkanes of at least 4 members (excludes halogenated alkanes) is 1. The summed E-state index contributed by atoms with van der Waals surface area (Å²) in [6.45, 7) is 5.95. The summed E-state index contributed by atoms with van der Waals surface area (Å²) in [5.41, 5.74) is 3.06. The van der Waals surface area contributed by atoms with E-state index in [-0.39, 0.29) is 5.56 Å². The Hall–Kier alpha value is -3.33. The molecule has 0 aliphatic carbocycles. The Kier molecular flexibility index (Phi) is 8.11. The molecular formula is C24H34N6O3. The van der Waals surface area contributed by atoms with Crippen LogP contribution in [-0.2, 0) is 6.54 Å². The fourth-order valence-corrected chi connectivity index (χ4v) is 3.70. The first-order valence-electron chi connectivity index (χ1n) is 11.1. The molecule has 0 aliphatic rings. The molecule has 0 saturated carbocycles. The number of rotatable bonds is 11. The van der Waals surface area contributed by atoms with Gasteiger partial charge in [0.1, 0.15) is 5.82 Å². The predicted molar refractivity (Wildman–Crippen MR) is 133 cm³/mol. The number of H-pyrrole nitrogens is 1. The van der Waals surface area contributed by atoms with E-state index >= 15 is 0 Å². The van der Waals surface area contributed by atoms with E-state index in [1.807, 2.05) is 32.0 Å². The van der Waals surface area contributed by atoms with Crippen LogP contribution in [0.15, 0.2) is 23.0 Å². The van der Waals surface area contributed by atoms with Crippen molar-refractivity contribution >= 4 is 22.7 Å². The van der Waals surface area contributed by atoms with E-state index in [0.29, 0.717) is 35.4 Å². The second-order valence-electron chi connectivity index (χ2n) is 8.35. The molecule has 3 aromatic rings. The number of hydrogen-bond donors (Lipinski definition) is 3. The lowest BCUT2D eigenvalue weighted by Crippen LogP contribution is -2.19. The van der Waals surface area contributed by atoms with E-state index in [4.69, 9.17) is 14.5 Å². The number of aryl methyl sites for hydroxylation is 2. The zero-order valence-corrected chi connectivity index (χ0v) is 20.3. The summed E-state index contributed by atoms with van der Waals surface area (Å²) in [6, 6.07) is 5.65. The molecule has 9 nitrogen and oxygen atoms in total. The summed E-state index contributed by atoms with van der Waals surface area (Å²) >= 11 is 0. The first kappa shape index (κ1) is 24.3. The van der Waals surface area contributed by atoms with E-state index in [9.17, 15) is 4.79 Å². The number of anilines is 2. The highest BCUT2D eigenvalue weighted by Gasteiger charge is 2.14. The van der Waals surface area contributed by atoms with Gasteiger partial charge >= 0.3 is 0 Å². The lowest BCUT2D eigenvalue weighted by molar-refractivity contribution is 0.356. The Morgan fingerprint density at radius 3 is 2.39 bits per heavy atom. The van der Waals surface area contributed by atoms with Gasteiger partial charge in [-0.3, -0.25) is 4.79 Å². The van der Waals surface area contributed by atoms with Crippen molar-refractivity contribution in [1.29, 1.82) is 0 Å². The van der Waals surface area contributed by atoms with Crippen molar-refractivity contribution in [3.05, 3.63) is 45.4 Å². The molecule has 1 aromatic carbocycles. The second-order valence-corrected chi connectivity index (χ2v) is 8.35. The van der Waals surface area contributed by atoms with Crippen molar-refractivity contribution in [3.8, 4) is 11.5 Å². The Morgan fingerprint density at radius 2 is 1.73 bits per heavy atom. The highest BCUT2D eigenvalue weighted by Crippen LogP contribution is 2.34. The van der Waals surface area contributed by atoms with Crippen molar-refractivity contribution in [2.75, 3.05) is 52.0 Å². The molecule has 3 rings (SSSR count). The van der Waals surface area contributed by atoms with Gasteiger partial charge in [0, 0.05) is 35.8 Å². The lowest BCUT2D eigenvalue weighted by atomic mass is 10.1. The molecule has 0 atom stereocenters. The minimum atomic E-state index is -0.100. The van der Waals surface area contributed by atoms with E-state index in [2.05, 4.69) is 39.6 Å². The molecule has 0 bridgehead atoms. The Labute approximate surface area is 194 Å². The summed E-state index contributed by atoms with van der Waals surface area (Å²) in [7, 11) is 7.33. The standard InChI is InChI=1S/C24H34N6O3/c1-15-11-16(2)27-23(31)18(15)14-26-22-17-12-20(32-5)21(33-6)13-19(17)28-24(29-22)25-9-7-8-10-30(3)4/h11-13H,7-10,14H2,1-6H3,(H,27,31)(H2,25,26,28,29). The van der Waals surface area contributed by atoms with Crippen LogP contribution in [0.1, 0.15) is 29.7 Å². The van der Waals surface area contributed by atoms with Crippen LogP contribution >= 0.6 is 0 Å². The monoisotopic (exact) mass is 454 g/mol. The van der Waals surface area contributed by atoms with Gasteiger partial charge < -0.3 is 30.0 Å². The van der Waals surface area contributed by atoms with Crippen molar-refractivity contribution in [2.45, 2.75) is 33.2 Å². The van der Waals surface area contributed by atoms with E-state index in [0.717, 1.165) is 48.1 Å². The van der Waals surface area contributed by atoms with Crippen LogP contribution in [0.4, 0.5) is 11.8 Å². The topological polar surface area (TPSA) is 104 Å². The van der Waals surface area contributed by atoms with Crippen LogP contribution in [0, 0.1) is 13.8 Å². The van der Waals surface area contributed by atoms with Gasteiger partial charge in [0.15, 0.2) is 11.5 Å². The number of fused-ring (bicyclic) bond motifs is 1. The highest BCUT2D eigenvalue weighted by atomic mass is 16.5. The van der Waals surface area contributed by atoms with E-state index in [1.54, 1.807) is 14.2 Å². The normalized spacial score (nSPS) is 11.1. The molecule has 0 saturated heterocycles. The molecule has 3 N–H and O–H groups in total. The van der Waals surface area contributed by atoms with Crippen molar-refractivity contribution < 1.29 is 9.47 Å². The molecule has 0 radical (unpaired) electrons. The fourth-order valence-electron chi connectivity index (χ4n) is 3.70. The van der Waals surface area contributed by atoms with Crippen molar-refractivity contribution in [3.63, 3.8) is 0 Å². The molecule has 0 spiro atoms. The minimum absolute atomic E-state index is 0.100. The molecule has 2 aromatic heterocycles. The average Bonchev–Trinajstić information content (AvgIpc) is 2.76. The number of hydrogen-bond acceptors (Lipinski definition) is 8. The van der Waals surface area contributed by atoms with Crippen molar-refractivity contribution in [1.82, 2.24) is 19.9 Å². The van der Waals surface area contributed by atoms with Crippen LogP contribution in [0.2, 0.25) is 0 Å². The first-order valence-corrected chi connectivity index (χ1v) is 11.1. The minimum Gasteiger partial charge on any atom is -0.493 e. The molecule has 0 aliphatic heterocycles. The van der Waals surface area contributed by atoms with E-state index < -0.39 is 0 Å². The number of nitrogens with zero attached hydrogens (tertiary/aromatic N) is 3. The van der Waals surface area contributed by atoms with Crippen molar-refractivity contribution in [2.24, 2.45) is 0 Å². The molecule has 0 unspecified atom stereocenters. The summed E-state index contributed by atoms with van der Waals surface area (Å²) in [5, 5.41) is 7.45. The van der Waals surface area contributed by atoms with Gasteiger partial charge in [-0.15, -0.1) is 0 Å². The maximum atomic E-state index is 12.5. The maximum absolute atomic E-state index is 12.5. The third kappa shape index (κ3) is 6.13. The largest absolute Gasteiger partial charge is 0.493 e. The van der Waals surface area contributed by atoms with Gasteiger partial charge in [0.2, 0.25) is 5.95 Å². The third-order valence-corrected chi connectivity index (χ3v) is 5.44. The quantitative estimate of drug-likeness (QED) is 0.379. The molecular weight excluding hydrogens is 420 g/mol.